The molecule has 0 unspecified atom stereocenters. The van der Waals surface area contributed by atoms with Gasteiger partial charge in [0.1, 0.15) is 16.8 Å². The maximum atomic E-state index is 6.05. The van der Waals surface area contributed by atoms with Crippen LogP contribution in [-0.4, -0.2) is 9.97 Å². The van der Waals surface area contributed by atoms with Crippen molar-refractivity contribution in [2.24, 2.45) is 0 Å². The van der Waals surface area contributed by atoms with E-state index in [0.717, 1.165) is 21.5 Å². The second kappa shape index (κ2) is 5.24. The Hall–Kier alpha value is -1.13. The first-order chi connectivity index (χ1) is 8.47. The van der Waals surface area contributed by atoms with Gasteiger partial charge in [-0.25, -0.2) is 9.97 Å². The number of hydrogen-bond donors (Lipinski definition) is 1. The van der Waals surface area contributed by atoms with Crippen LogP contribution in [0.5, 0.6) is 0 Å². The van der Waals surface area contributed by atoms with Crippen molar-refractivity contribution in [3.63, 3.8) is 0 Å². The third-order valence-corrected chi connectivity index (χ3v) is 3.63. The van der Waals surface area contributed by atoms with Crippen LogP contribution >= 0.6 is 27.5 Å². The van der Waals surface area contributed by atoms with Gasteiger partial charge in [-0.2, -0.15) is 0 Å². The third-order valence-electron chi connectivity index (χ3n) is 2.57. The zero-order valence-corrected chi connectivity index (χ0v) is 12.7. The molecule has 1 N–H and O–H groups in total. The highest BCUT2D eigenvalue weighted by molar-refractivity contribution is 9.10. The Balaban J connectivity index is 2.43. The number of aryl methyl sites for hydroxylation is 2. The molecule has 0 aliphatic heterocycles. The Morgan fingerprint density at radius 3 is 2.61 bits per heavy atom. The highest BCUT2D eigenvalue weighted by atomic mass is 79.9. The second-order valence-corrected chi connectivity index (χ2v) is 5.36. The number of halogens is 2. The van der Waals surface area contributed by atoms with Gasteiger partial charge >= 0.3 is 0 Å². The Kier molecular flexibility index (Phi) is 3.88. The summed E-state index contributed by atoms with van der Waals surface area (Å²) in [6, 6.07) is 6.10. The topological polar surface area (TPSA) is 37.8 Å². The van der Waals surface area contributed by atoms with Gasteiger partial charge in [0.05, 0.1) is 5.69 Å². The molecular weight excluding hydrogens is 314 g/mol. The molecule has 5 heteroatoms. The van der Waals surface area contributed by atoms with Gasteiger partial charge in [0.2, 0.25) is 0 Å². The predicted octanol–water partition coefficient (Wildman–Crippen LogP) is 4.56. The number of aromatic nitrogens is 2. The van der Waals surface area contributed by atoms with Crippen LogP contribution < -0.4 is 5.32 Å². The molecule has 0 aliphatic rings. The van der Waals surface area contributed by atoms with E-state index in [-0.39, 0.29) is 0 Å². The molecule has 0 atom stereocenters. The lowest BCUT2D eigenvalue weighted by Gasteiger charge is -2.12. The molecule has 1 heterocycles. The van der Waals surface area contributed by atoms with Gasteiger partial charge in [0.25, 0.3) is 0 Å². The number of nitrogens with zero attached hydrogens (tertiary/aromatic N) is 2. The smallest absolute Gasteiger partial charge is 0.138 e. The van der Waals surface area contributed by atoms with Gasteiger partial charge in [-0.15, -0.1) is 0 Å². The maximum Gasteiger partial charge on any atom is 0.138 e. The van der Waals surface area contributed by atoms with Gasteiger partial charge in [0.15, 0.2) is 0 Å². The summed E-state index contributed by atoms with van der Waals surface area (Å²) in [5.41, 5.74) is 2.98. The molecule has 0 spiro atoms. The van der Waals surface area contributed by atoms with E-state index in [9.17, 15) is 0 Å². The fourth-order valence-electron chi connectivity index (χ4n) is 1.58. The van der Waals surface area contributed by atoms with Crippen molar-refractivity contribution >= 4 is 39.0 Å². The molecule has 1 aromatic carbocycles. The fraction of sp³-hybridized carbons (Fsp3) is 0.231. The average molecular weight is 327 g/mol. The molecular formula is C13H13BrClN3. The third kappa shape index (κ3) is 2.82. The number of rotatable bonds is 2. The van der Waals surface area contributed by atoms with E-state index in [0.29, 0.717) is 11.0 Å². The first-order valence-electron chi connectivity index (χ1n) is 5.51. The van der Waals surface area contributed by atoms with Crippen molar-refractivity contribution in [2.45, 2.75) is 20.8 Å². The van der Waals surface area contributed by atoms with E-state index in [2.05, 4.69) is 37.3 Å². The van der Waals surface area contributed by atoms with Crippen LogP contribution in [0, 0.1) is 20.8 Å². The van der Waals surface area contributed by atoms with E-state index in [1.807, 2.05) is 32.9 Å². The van der Waals surface area contributed by atoms with Crippen molar-refractivity contribution in [1.29, 1.82) is 0 Å². The van der Waals surface area contributed by atoms with Crippen LogP contribution in [0.4, 0.5) is 11.5 Å². The summed E-state index contributed by atoms with van der Waals surface area (Å²) in [5.74, 6) is 1.38. The summed E-state index contributed by atoms with van der Waals surface area (Å²) in [4.78, 5) is 8.49. The standard InChI is InChI=1S/C13H13BrClN3/c1-7-4-5-10(14)11(6-7)18-13-8(2)12(15)16-9(3)17-13/h4-6H,1-3H3,(H,16,17,18). The normalized spacial score (nSPS) is 10.5. The number of benzene rings is 1. The zero-order valence-electron chi connectivity index (χ0n) is 10.4. The number of hydrogen-bond acceptors (Lipinski definition) is 3. The van der Waals surface area contributed by atoms with Crippen LogP contribution in [0.25, 0.3) is 0 Å². The number of anilines is 2. The molecule has 0 radical (unpaired) electrons. The predicted molar refractivity (Wildman–Crippen MR) is 78.7 cm³/mol. The molecule has 0 amide bonds. The lowest BCUT2D eigenvalue weighted by atomic mass is 10.2. The van der Waals surface area contributed by atoms with Crippen LogP contribution in [0.15, 0.2) is 22.7 Å². The first kappa shape index (κ1) is 13.3. The van der Waals surface area contributed by atoms with Gasteiger partial charge in [-0.1, -0.05) is 17.7 Å². The maximum absolute atomic E-state index is 6.05. The van der Waals surface area contributed by atoms with E-state index in [1.165, 1.54) is 5.56 Å². The molecule has 0 bridgehead atoms. The van der Waals surface area contributed by atoms with Crippen molar-refractivity contribution in [3.8, 4) is 0 Å². The molecule has 0 fully saturated rings. The highest BCUT2D eigenvalue weighted by Gasteiger charge is 2.09. The molecule has 1 aromatic heterocycles. The quantitative estimate of drug-likeness (QED) is 0.822. The molecule has 18 heavy (non-hydrogen) atoms. The monoisotopic (exact) mass is 325 g/mol. The molecule has 0 saturated heterocycles. The fourth-order valence-corrected chi connectivity index (χ4v) is 2.14. The van der Waals surface area contributed by atoms with Gasteiger partial charge in [-0.3, -0.25) is 0 Å². The Bertz CT molecular complexity index is 599. The lowest BCUT2D eigenvalue weighted by molar-refractivity contribution is 1.04. The zero-order chi connectivity index (χ0) is 13.3. The lowest BCUT2D eigenvalue weighted by Crippen LogP contribution is -2.01. The van der Waals surface area contributed by atoms with Crippen LogP contribution in [-0.2, 0) is 0 Å². The minimum Gasteiger partial charge on any atom is -0.339 e. The van der Waals surface area contributed by atoms with Crippen molar-refractivity contribution in [3.05, 3.63) is 44.8 Å². The van der Waals surface area contributed by atoms with E-state index >= 15 is 0 Å². The van der Waals surface area contributed by atoms with Crippen LogP contribution in [0.1, 0.15) is 17.0 Å². The summed E-state index contributed by atoms with van der Waals surface area (Å²) >= 11 is 9.56. The summed E-state index contributed by atoms with van der Waals surface area (Å²) in [6.07, 6.45) is 0. The summed E-state index contributed by atoms with van der Waals surface area (Å²) in [7, 11) is 0. The number of nitrogens with one attached hydrogen (secondary N) is 1. The van der Waals surface area contributed by atoms with E-state index in [4.69, 9.17) is 11.6 Å². The molecule has 94 valence electrons. The Morgan fingerprint density at radius 1 is 1.17 bits per heavy atom. The van der Waals surface area contributed by atoms with E-state index in [1.54, 1.807) is 0 Å². The SMILES string of the molecule is Cc1ccc(Br)c(Nc2nc(C)nc(Cl)c2C)c1. The minimum absolute atomic E-state index is 0.480. The van der Waals surface area contributed by atoms with Gasteiger partial charge in [-0.05, 0) is 54.4 Å². The summed E-state index contributed by atoms with van der Waals surface area (Å²) in [5, 5.41) is 3.76. The molecule has 0 aliphatic carbocycles. The highest BCUT2D eigenvalue weighted by Crippen LogP contribution is 2.29. The van der Waals surface area contributed by atoms with Crippen molar-refractivity contribution in [1.82, 2.24) is 9.97 Å². The first-order valence-corrected chi connectivity index (χ1v) is 6.68. The van der Waals surface area contributed by atoms with Crippen molar-refractivity contribution in [2.75, 3.05) is 5.32 Å². The molecule has 3 nitrogen and oxygen atoms in total. The van der Waals surface area contributed by atoms with Crippen LogP contribution in [0.3, 0.4) is 0 Å². The largest absolute Gasteiger partial charge is 0.339 e. The Labute approximate surface area is 120 Å². The minimum atomic E-state index is 0.480. The van der Waals surface area contributed by atoms with Crippen LogP contribution in [0.2, 0.25) is 5.15 Å². The molecule has 2 aromatic rings. The second-order valence-electron chi connectivity index (χ2n) is 4.14. The molecule has 2 rings (SSSR count). The average Bonchev–Trinajstić information content (AvgIpc) is 2.30. The molecule has 0 saturated carbocycles. The van der Waals surface area contributed by atoms with E-state index < -0.39 is 0 Å². The Morgan fingerprint density at radius 2 is 1.89 bits per heavy atom. The van der Waals surface area contributed by atoms with Gasteiger partial charge < -0.3 is 5.32 Å². The van der Waals surface area contributed by atoms with Gasteiger partial charge in [0, 0.05) is 10.0 Å². The summed E-state index contributed by atoms with van der Waals surface area (Å²) < 4.78 is 0.986. The van der Waals surface area contributed by atoms with Crippen molar-refractivity contribution < 1.29 is 0 Å². The summed E-state index contributed by atoms with van der Waals surface area (Å²) in [6.45, 7) is 5.76.